The molecule has 0 aromatic rings. The van der Waals surface area contributed by atoms with Crippen LogP contribution in [-0.4, -0.2) is 35.9 Å². The number of alkyl halides is 1. The summed E-state index contributed by atoms with van der Waals surface area (Å²) >= 11 is 6.07. The molecule has 0 N–H and O–H groups in total. The monoisotopic (exact) mass is 220 g/mol. The summed E-state index contributed by atoms with van der Waals surface area (Å²) in [6.07, 6.45) is 0.624. The molecule has 2 heterocycles. The summed E-state index contributed by atoms with van der Waals surface area (Å²) in [5, 5.41) is -1.35. The highest BCUT2D eigenvalue weighted by Crippen LogP contribution is 2.63. The predicted molar refractivity (Wildman–Crippen MR) is 49.1 cm³/mol. The van der Waals surface area contributed by atoms with Crippen molar-refractivity contribution < 1.29 is 19.0 Å². The molecule has 0 amide bonds. The number of hydrogen-bond acceptors (Lipinski definition) is 4. The van der Waals surface area contributed by atoms with E-state index in [0.717, 1.165) is 0 Å². The lowest BCUT2D eigenvalue weighted by molar-refractivity contribution is -0.143. The normalized spacial score (nSPS) is 44.0. The lowest BCUT2D eigenvalue weighted by atomic mass is 9.87. The number of rotatable bonds is 1. The van der Waals surface area contributed by atoms with Crippen LogP contribution in [0.2, 0.25) is 0 Å². The molecule has 4 nitrogen and oxygen atoms in total. The van der Waals surface area contributed by atoms with E-state index in [1.807, 2.05) is 13.8 Å². The van der Waals surface area contributed by atoms with Gasteiger partial charge in [0, 0.05) is 6.42 Å². The molecule has 2 aliphatic rings. The molecule has 5 heteroatoms. The molecule has 2 saturated heterocycles. The molecule has 0 bridgehead atoms. The van der Waals surface area contributed by atoms with Gasteiger partial charge < -0.3 is 14.2 Å². The van der Waals surface area contributed by atoms with Crippen LogP contribution in [0.5, 0.6) is 0 Å². The van der Waals surface area contributed by atoms with Crippen molar-refractivity contribution >= 4 is 17.6 Å². The van der Waals surface area contributed by atoms with Crippen LogP contribution in [0.1, 0.15) is 20.3 Å². The zero-order valence-electron chi connectivity index (χ0n) is 8.43. The van der Waals surface area contributed by atoms with Crippen molar-refractivity contribution in [2.24, 2.45) is 0 Å². The summed E-state index contributed by atoms with van der Waals surface area (Å²) in [6, 6.07) is 0. The van der Waals surface area contributed by atoms with E-state index in [4.69, 9.17) is 21.1 Å². The van der Waals surface area contributed by atoms with Gasteiger partial charge in [0.1, 0.15) is 0 Å². The summed E-state index contributed by atoms with van der Waals surface area (Å²) < 4.78 is 15.5. The first-order chi connectivity index (χ1) is 6.40. The summed E-state index contributed by atoms with van der Waals surface area (Å²) in [6.45, 7) is 4.29. The van der Waals surface area contributed by atoms with Gasteiger partial charge in [-0.15, -0.1) is 0 Å². The van der Waals surface area contributed by atoms with E-state index < -0.39 is 22.2 Å². The minimum absolute atomic E-state index is 0.539. The highest BCUT2D eigenvalue weighted by molar-refractivity contribution is 6.36. The number of methoxy groups -OCH3 is 1. The van der Waals surface area contributed by atoms with Gasteiger partial charge in [-0.05, 0) is 13.8 Å². The molecular weight excluding hydrogens is 208 g/mol. The standard InChI is InChI=1S/C9H13ClO4/c1-7(2)8(4-5-13-7)9(10,14-8)6(11)12-3/h4-5H2,1-3H3. The summed E-state index contributed by atoms with van der Waals surface area (Å²) in [5.74, 6) is -0.544. The number of ether oxygens (including phenoxy) is 3. The zero-order valence-corrected chi connectivity index (χ0v) is 9.18. The van der Waals surface area contributed by atoms with Crippen LogP contribution in [0.15, 0.2) is 0 Å². The molecule has 2 aliphatic heterocycles. The number of carbonyl (C=O) groups is 1. The van der Waals surface area contributed by atoms with Crippen LogP contribution in [-0.2, 0) is 19.0 Å². The van der Waals surface area contributed by atoms with Gasteiger partial charge in [-0.25, -0.2) is 4.79 Å². The van der Waals surface area contributed by atoms with Crippen molar-refractivity contribution in [1.82, 2.24) is 0 Å². The average Bonchev–Trinajstić information content (AvgIpc) is 2.62. The first-order valence-corrected chi connectivity index (χ1v) is 4.89. The molecule has 2 unspecified atom stereocenters. The Balaban J connectivity index is 2.27. The Kier molecular flexibility index (Phi) is 1.91. The van der Waals surface area contributed by atoms with Gasteiger partial charge in [0.2, 0.25) is 0 Å². The number of epoxide rings is 1. The molecule has 0 saturated carbocycles. The highest BCUT2D eigenvalue weighted by atomic mass is 35.5. The molecule has 1 spiro atoms. The Labute approximate surface area is 87.5 Å². The molecule has 2 atom stereocenters. The Bertz CT molecular complexity index is 291. The number of halogens is 1. The van der Waals surface area contributed by atoms with Gasteiger partial charge in [0.15, 0.2) is 5.60 Å². The van der Waals surface area contributed by atoms with Crippen molar-refractivity contribution in [3.8, 4) is 0 Å². The summed E-state index contributed by atoms with van der Waals surface area (Å²) in [4.78, 5) is 11.4. The van der Waals surface area contributed by atoms with Gasteiger partial charge in [0.25, 0.3) is 5.06 Å². The topological polar surface area (TPSA) is 48.1 Å². The second kappa shape index (κ2) is 2.62. The smallest absolute Gasteiger partial charge is 0.357 e. The fourth-order valence-electron chi connectivity index (χ4n) is 2.14. The van der Waals surface area contributed by atoms with E-state index in [1.165, 1.54) is 7.11 Å². The zero-order chi connectivity index (χ0) is 10.6. The molecular formula is C9H13ClO4. The van der Waals surface area contributed by atoms with Crippen molar-refractivity contribution in [3.63, 3.8) is 0 Å². The average molecular weight is 221 g/mol. The fraction of sp³-hybridized carbons (Fsp3) is 0.889. The minimum Gasteiger partial charge on any atom is -0.466 e. The molecule has 0 aromatic carbocycles. The minimum atomic E-state index is -1.35. The molecule has 0 aromatic heterocycles. The maximum absolute atomic E-state index is 11.4. The van der Waals surface area contributed by atoms with Crippen LogP contribution in [0.3, 0.4) is 0 Å². The lowest BCUT2D eigenvalue weighted by Gasteiger charge is -2.23. The van der Waals surface area contributed by atoms with Crippen molar-refractivity contribution in [2.45, 2.75) is 36.5 Å². The van der Waals surface area contributed by atoms with E-state index in [2.05, 4.69) is 4.74 Å². The third kappa shape index (κ3) is 0.938. The first-order valence-electron chi connectivity index (χ1n) is 4.51. The maximum atomic E-state index is 11.4. The van der Waals surface area contributed by atoms with Crippen LogP contribution >= 0.6 is 11.6 Å². The van der Waals surface area contributed by atoms with Crippen molar-refractivity contribution in [3.05, 3.63) is 0 Å². The molecule has 2 rings (SSSR count). The molecule has 2 fully saturated rings. The number of hydrogen-bond donors (Lipinski definition) is 0. The highest BCUT2D eigenvalue weighted by Gasteiger charge is 2.83. The fourth-order valence-corrected chi connectivity index (χ4v) is 2.67. The van der Waals surface area contributed by atoms with Crippen LogP contribution in [0.4, 0.5) is 0 Å². The van der Waals surface area contributed by atoms with Crippen molar-refractivity contribution in [2.75, 3.05) is 13.7 Å². The molecule has 80 valence electrons. The lowest BCUT2D eigenvalue weighted by Crippen LogP contribution is -2.43. The van der Waals surface area contributed by atoms with Gasteiger partial charge in [0.05, 0.1) is 19.3 Å². The molecule has 0 radical (unpaired) electrons. The van der Waals surface area contributed by atoms with Crippen LogP contribution in [0.25, 0.3) is 0 Å². The second-order valence-corrected chi connectivity index (χ2v) is 4.66. The number of carbonyl (C=O) groups excluding carboxylic acids is 1. The first kappa shape index (κ1) is 10.2. The second-order valence-electron chi connectivity index (χ2n) is 4.12. The third-order valence-corrected chi connectivity index (χ3v) is 3.67. The summed E-state index contributed by atoms with van der Waals surface area (Å²) in [5.41, 5.74) is -1.25. The Hall–Kier alpha value is -0.320. The van der Waals surface area contributed by atoms with E-state index in [9.17, 15) is 4.79 Å². The van der Waals surface area contributed by atoms with E-state index in [1.54, 1.807) is 0 Å². The van der Waals surface area contributed by atoms with Crippen LogP contribution < -0.4 is 0 Å². The maximum Gasteiger partial charge on any atom is 0.357 e. The van der Waals surface area contributed by atoms with Crippen LogP contribution in [0, 0.1) is 0 Å². The molecule has 0 aliphatic carbocycles. The Morgan fingerprint density at radius 3 is 2.57 bits per heavy atom. The van der Waals surface area contributed by atoms with Gasteiger partial charge >= 0.3 is 5.97 Å². The Morgan fingerprint density at radius 1 is 1.50 bits per heavy atom. The summed E-state index contributed by atoms with van der Waals surface area (Å²) in [7, 11) is 1.30. The predicted octanol–water partition coefficient (Wildman–Crippen LogP) is 1.06. The van der Waals surface area contributed by atoms with Crippen molar-refractivity contribution in [1.29, 1.82) is 0 Å². The largest absolute Gasteiger partial charge is 0.466 e. The quantitative estimate of drug-likeness (QED) is 0.377. The van der Waals surface area contributed by atoms with E-state index in [0.29, 0.717) is 13.0 Å². The van der Waals surface area contributed by atoms with Gasteiger partial charge in [-0.2, -0.15) is 0 Å². The Morgan fingerprint density at radius 2 is 2.14 bits per heavy atom. The van der Waals surface area contributed by atoms with E-state index >= 15 is 0 Å². The molecule has 14 heavy (non-hydrogen) atoms. The number of esters is 1. The van der Waals surface area contributed by atoms with Gasteiger partial charge in [-0.3, -0.25) is 0 Å². The third-order valence-electron chi connectivity index (χ3n) is 3.13. The van der Waals surface area contributed by atoms with Gasteiger partial charge in [-0.1, -0.05) is 11.6 Å². The van der Waals surface area contributed by atoms with E-state index in [-0.39, 0.29) is 0 Å². The SMILES string of the molecule is COC(=O)C1(Cl)OC12CCOC2(C)C.